The van der Waals surface area contributed by atoms with Crippen LogP contribution in [0.4, 0.5) is 0 Å². The zero-order valence-electron chi connectivity index (χ0n) is 12.1. The Morgan fingerprint density at radius 3 is 2.57 bits per heavy atom. The third-order valence-corrected chi connectivity index (χ3v) is 4.57. The quantitative estimate of drug-likeness (QED) is 0.767. The third-order valence-electron chi connectivity index (χ3n) is 4.57. The van der Waals surface area contributed by atoms with Gasteiger partial charge in [0, 0.05) is 32.2 Å². The summed E-state index contributed by atoms with van der Waals surface area (Å²) in [6.07, 6.45) is 4.31. The molecule has 2 heterocycles. The Kier molecular flexibility index (Phi) is 5.46. The molecule has 2 saturated heterocycles. The van der Waals surface area contributed by atoms with Crippen molar-refractivity contribution >= 4 is 24.2 Å². The van der Waals surface area contributed by atoms with E-state index in [2.05, 4.69) is 5.32 Å². The van der Waals surface area contributed by atoms with Crippen LogP contribution in [0.3, 0.4) is 0 Å². The molecule has 120 valence electrons. The molecule has 2 atom stereocenters. The second kappa shape index (κ2) is 6.94. The minimum atomic E-state index is -0.482. The molecule has 3 aliphatic rings. The number of amides is 2. The van der Waals surface area contributed by atoms with Gasteiger partial charge in [0.05, 0.1) is 12.1 Å². The van der Waals surface area contributed by atoms with Gasteiger partial charge < -0.3 is 20.7 Å². The Balaban J connectivity index is 0.00000161. The molecule has 0 aromatic rings. The highest BCUT2D eigenvalue weighted by molar-refractivity contribution is 5.85. The van der Waals surface area contributed by atoms with Crippen LogP contribution in [0.25, 0.3) is 0 Å². The summed E-state index contributed by atoms with van der Waals surface area (Å²) in [6, 6.07) is -0.126. The molecule has 1 saturated carbocycles. The van der Waals surface area contributed by atoms with Crippen LogP contribution in [-0.4, -0.2) is 54.6 Å². The van der Waals surface area contributed by atoms with Crippen molar-refractivity contribution in [3.05, 3.63) is 0 Å². The molecule has 7 heteroatoms. The van der Waals surface area contributed by atoms with Gasteiger partial charge in [0.1, 0.15) is 0 Å². The maximum atomic E-state index is 12.2. The molecule has 3 rings (SSSR count). The number of carbonyl (C=O) groups is 2. The molecule has 2 amide bonds. The molecule has 0 spiro atoms. The number of rotatable bonds is 4. The molecule has 6 nitrogen and oxygen atoms in total. The Morgan fingerprint density at radius 1 is 1.29 bits per heavy atom. The smallest absolute Gasteiger partial charge is 0.237 e. The largest absolute Gasteiger partial charge is 0.381 e. The molecule has 3 N–H and O–H groups in total. The van der Waals surface area contributed by atoms with E-state index in [1.807, 2.05) is 4.90 Å². The van der Waals surface area contributed by atoms with Gasteiger partial charge in [-0.3, -0.25) is 9.59 Å². The molecular weight excluding hydrogens is 294 g/mol. The Labute approximate surface area is 131 Å². The van der Waals surface area contributed by atoms with Gasteiger partial charge in [-0.1, -0.05) is 0 Å². The number of ether oxygens (including phenoxy) is 1. The fraction of sp³-hybridized carbons (Fsp3) is 0.857. The molecule has 0 aromatic heterocycles. The summed E-state index contributed by atoms with van der Waals surface area (Å²) in [6.45, 7) is 2.02. The zero-order valence-corrected chi connectivity index (χ0v) is 12.9. The van der Waals surface area contributed by atoms with Crippen LogP contribution in [-0.2, 0) is 14.3 Å². The molecule has 0 aromatic carbocycles. The van der Waals surface area contributed by atoms with Gasteiger partial charge in [0.25, 0.3) is 0 Å². The predicted molar refractivity (Wildman–Crippen MR) is 80.0 cm³/mol. The highest BCUT2D eigenvalue weighted by Gasteiger charge is 2.40. The van der Waals surface area contributed by atoms with Crippen molar-refractivity contribution < 1.29 is 14.3 Å². The molecule has 0 bridgehead atoms. The van der Waals surface area contributed by atoms with Crippen molar-refractivity contribution in [1.82, 2.24) is 10.2 Å². The molecule has 0 radical (unpaired) electrons. The topological polar surface area (TPSA) is 84.7 Å². The highest BCUT2D eigenvalue weighted by atomic mass is 35.5. The van der Waals surface area contributed by atoms with Crippen molar-refractivity contribution in [2.45, 2.75) is 50.2 Å². The number of nitrogens with two attached hydrogens (primary N) is 1. The lowest BCUT2D eigenvalue weighted by atomic mass is 9.91. The van der Waals surface area contributed by atoms with E-state index in [4.69, 9.17) is 10.5 Å². The zero-order chi connectivity index (χ0) is 14.1. The van der Waals surface area contributed by atoms with E-state index >= 15 is 0 Å². The van der Waals surface area contributed by atoms with Crippen molar-refractivity contribution in [3.63, 3.8) is 0 Å². The van der Waals surface area contributed by atoms with Gasteiger partial charge in [-0.2, -0.15) is 0 Å². The van der Waals surface area contributed by atoms with Crippen molar-refractivity contribution in [1.29, 1.82) is 0 Å². The van der Waals surface area contributed by atoms with Gasteiger partial charge >= 0.3 is 0 Å². The van der Waals surface area contributed by atoms with Gasteiger partial charge in [0.2, 0.25) is 11.8 Å². The highest BCUT2D eigenvalue weighted by Crippen LogP contribution is 2.30. The summed E-state index contributed by atoms with van der Waals surface area (Å²) in [7, 11) is 0. The normalized spacial score (nSPS) is 28.1. The Hall–Kier alpha value is -0.850. The van der Waals surface area contributed by atoms with Gasteiger partial charge in [-0.15, -0.1) is 12.4 Å². The number of hydrogen-bond acceptors (Lipinski definition) is 4. The fourth-order valence-electron chi connectivity index (χ4n) is 3.15. The molecule has 3 fully saturated rings. The summed E-state index contributed by atoms with van der Waals surface area (Å²) in [5.74, 6) is 0.241. The number of nitrogens with one attached hydrogen (secondary N) is 1. The van der Waals surface area contributed by atoms with Crippen molar-refractivity contribution in [2.24, 2.45) is 11.7 Å². The predicted octanol–water partition coefficient (Wildman–Crippen LogP) is 0.0416. The lowest BCUT2D eigenvalue weighted by molar-refractivity contribution is -0.128. The van der Waals surface area contributed by atoms with E-state index < -0.39 is 6.04 Å². The second-order valence-electron chi connectivity index (χ2n) is 6.16. The number of hydrogen-bond donors (Lipinski definition) is 2. The summed E-state index contributed by atoms with van der Waals surface area (Å²) in [5, 5.41) is 2.95. The number of halogens is 1. The molecule has 21 heavy (non-hydrogen) atoms. The second-order valence-corrected chi connectivity index (χ2v) is 6.16. The maximum absolute atomic E-state index is 12.2. The average molecular weight is 318 g/mol. The summed E-state index contributed by atoms with van der Waals surface area (Å²) in [4.78, 5) is 25.9. The monoisotopic (exact) mass is 317 g/mol. The summed E-state index contributed by atoms with van der Waals surface area (Å²) < 4.78 is 5.29. The maximum Gasteiger partial charge on any atom is 0.237 e. The van der Waals surface area contributed by atoms with Crippen LogP contribution in [0.2, 0.25) is 0 Å². The summed E-state index contributed by atoms with van der Waals surface area (Å²) >= 11 is 0. The number of likely N-dealkylation sites (tertiary alicyclic amines) is 1. The number of carbonyl (C=O) groups excluding carboxylic acids is 2. The molecule has 2 unspecified atom stereocenters. The number of nitrogens with zero attached hydrogens (tertiary/aromatic N) is 1. The first-order valence-corrected chi connectivity index (χ1v) is 7.58. The van der Waals surface area contributed by atoms with E-state index in [0.29, 0.717) is 32.2 Å². The molecular formula is C14H24ClN3O3. The molecule has 1 aliphatic carbocycles. The molecule has 2 aliphatic heterocycles. The first-order chi connectivity index (χ1) is 9.65. The van der Waals surface area contributed by atoms with Crippen LogP contribution in [0, 0.1) is 5.92 Å². The van der Waals surface area contributed by atoms with Gasteiger partial charge in [-0.05, 0) is 31.6 Å². The van der Waals surface area contributed by atoms with Gasteiger partial charge in [-0.25, -0.2) is 0 Å². The standard InChI is InChI=1S/C14H23N3O3.ClH/c15-13(9-3-5-20-6-4-9)14(19)16-10-7-12(18)17(8-10)11-1-2-11;/h9-11,13H,1-8,15H2,(H,16,19);1H. The van der Waals surface area contributed by atoms with Crippen LogP contribution in [0.5, 0.6) is 0 Å². The van der Waals surface area contributed by atoms with Crippen LogP contribution >= 0.6 is 12.4 Å². The third kappa shape index (κ3) is 3.87. The fourth-order valence-corrected chi connectivity index (χ4v) is 3.15. The van der Waals surface area contributed by atoms with Crippen molar-refractivity contribution in [2.75, 3.05) is 19.8 Å². The first-order valence-electron chi connectivity index (χ1n) is 7.58. The lowest BCUT2D eigenvalue weighted by Crippen LogP contribution is -2.50. The first kappa shape index (κ1) is 16.5. The lowest BCUT2D eigenvalue weighted by Gasteiger charge is -2.27. The minimum absolute atomic E-state index is 0. The van der Waals surface area contributed by atoms with Crippen molar-refractivity contribution in [3.8, 4) is 0 Å². The summed E-state index contributed by atoms with van der Waals surface area (Å²) in [5.41, 5.74) is 6.05. The Morgan fingerprint density at radius 2 is 1.95 bits per heavy atom. The average Bonchev–Trinajstić information content (AvgIpc) is 3.23. The van der Waals surface area contributed by atoms with E-state index in [1.165, 1.54) is 0 Å². The van der Waals surface area contributed by atoms with E-state index in [1.54, 1.807) is 0 Å². The van der Waals surface area contributed by atoms with Gasteiger partial charge in [0.15, 0.2) is 0 Å². The van der Waals surface area contributed by atoms with Crippen LogP contribution < -0.4 is 11.1 Å². The SMILES string of the molecule is Cl.NC(C(=O)NC1CC(=O)N(C2CC2)C1)C1CCOCC1. The van der Waals surface area contributed by atoms with E-state index in [0.717, 1.165) is 25.7 Å². The van der Waals surface area contributed by atoms with E-state index in [-0.39, 0.29) is 36.2 Å². The minimum Gasteiger partial charge on any atom is -0.381 e. The Bertz CT molecular complexity index is 397. The van der Waals surface area contributed by atoms with Crippen LogP contribution in [0.15, 0.2) is 0 Å². The van der Waals surface area contributed by atoms with Crippen LogP contribution in [0.1, 0.15) is 32.1 Å². The van der Waals surface area contributed by atoms with E-state index in [9.17, 15) is 9.59 Å².